The number of aryl methyl sites for hydroxylation is 1. The highest BCUT2D eigenvalue weighted by Crippen LogP contribution is 2.31. The molecule has 1 atom stereocenters. The van der Waals surface area contributed by atoms with Gasteiger partial charge in [-0.3, -0.25) is 4.90 Å². The maximum Gasteiger partial charge on any atom is 0.347 e. The number of hydrogen-bond donors (Lipinski definition) is 1. The number of carbonyl (C=O) groups is 2. The van der Waals surface area contributed by atoms with E-state index in [4.69, 9.17) is 5.11 Å². The lowest BCUT2D eigenvalue weighted by Gasteiger charge is -2.20. The number of urea groups is 1. The summed E-state index contributed by atoms with van der Waals surface area (Å²) in [4.78, 5) is 31.4. The molecule has 0 aliphatic carbocycles. The third-order valence-corrected chi connectivity index (χ3v) is 5.10. The molecule has 1 saturated heterocycles. The molecule has 0 radical (unpaired) electrons. The van der Waals surface area contributed by atoms with Crippen LogP contribution >= 0.6 is 11.3 Å². The smallest absolute Gasteiger partial charge is 0.347 e. The van der Waals surface area contributed by atoms with Crippen molar-refractivity contribution in [3.05, 3.63) is 46.2 Å². The summed E-state index contributed by atoms with van der Waals surface area (Å²) in [5, 5.41) is 9.53. The Hall–Kier alpha value is -2.48. The van der Waals surface area contributed by atoms with E-state index in [0.717, 1.165) is 16.9 Å². The Labute approximate surface area is 142 Å². The number of hydrogen-bond acceptors (Lipinski definition) is 4. The number of amides is 2. The number of aromatic nitrogens is 1. The van der Waals surface area contributed by atoms with Crippen LogP contribution in [-0.4, -0.2) is 39.6 Å². The van der Waals surface area contributed by atoms with Gasteiger partial charge in [0.05, 0.1) is 12.2 Å². The molecule has 1 N–H and O–H groups in total. The van der Waals surface area contributed by atoms with E-state index < -0.39 is 5.97 Å². The van der Waals surface area contributed by atoms with E-state index in [0.29, 0.717) is 23.9 Å². The first-order valence-corrected chi connectivity index (χ1v) is 8.21. The molecule has 0 bridgehead atoms. The number of anilines is 1. The molecule has 3 rings (SSSR count). The zero-order valence-corrected chi connectivity index (χ0v) is 14.0. The van der Waals surface area contributed by atoms with E-state index in [1.807, 2.05) is 6.92 Å². The van der Waals surface area contributed by atoms with Crippen LogP contribution < -0.4 is 4.90 Å². The van der Waals surface area contributed by atoms with Crippen molar-refractivity contribution < 1.29 is 19.1 Å². The first kappa shape index (κ1) is 16.4. The van der Waals surface area contributed by atoms with E-state index in [1.54, 1.807) is 24.0 Å². The summed E-state index contributed by atoms with van der Waals surface area (Å²) < 4.78 is 13.0. The number of nitrogens with zero attached hydrogens (tertiary/aromatic N) is 3. The van der Waals surface area contributed by atoms with Crippen molar-refractivity contribution in [3.8, 4) is 0 Å². The highest BCUT2D eigenvalue weighted by atomic mass is 32.1. The van der Waals surface area contributed by atoms with Crippen LogP contribution in [0.1, 0.15) is 27.9 Å². The van der Waals surface area contributed by atoms with Gasteiger partial charge in [0, 0.05) is 12.6 Å². The molecule has 1 aliphatic heterocycles. The first-order valence-electron chi connectivity index (χ1n) is 7.40. The van der Waals surface area contributed by atoms with Gasteiger partial charge in [-0.25, -0.2) is 19.0 Å². The number of thiazole rings is 1. The van der Waals surface area contributed by atoms with Gasteiger partial charge < -0.3 is 10.0 Å². The summed E-state index contributed by atoms with van der Waals surface area (Å²) in [5.41, 5.74) is 1.24. The van der Waals surface area contributed by atoms with Crippen LogP contribution in [0.25, 0.3) is 0 Å². The number of halogens is 1. The van der Waals surface area contributed by atoms with Gasteiger partial charge in [0.1, 0.15) is 10.7 Å². The van der Waals surface area contributed by atoms with Crippen molar-refractivity contribution in [2.75, 3.05) is 11.4 Å². The molecule has 6 nitrogen and oxygen atoms in total. The van der Waals surface area contributed by atoms with Gasteiger partial charge in [-0.05, 0) is 31.5 Å². The Morgan fingerprint density at radius 1 is 1.42 bits per heavy atom. The van der Waals surface area contributed by atoms with Crippen molar-refractivity contribution in [2.45, 2.75) is 26.4 Å². The van der Waals surface area contributed by atoms with Crippen molar-refractivity contribution in [2.24, 2.45) is 0 Å². The Kier molecular flexibility index (Phi) is 4.23. The number of aromatic carboxylic acids is 1. The molecule has 126 valence electrons. The molecule has 0 unspecified atom stereocenters. The fourth-order valence-corrected chi connectivity index (χ4v) is 3.56. The first-order chi connectivity index (χ1) is 11.4. The standard InChI is InChI=1S/C16H16FN3O3S/c1-9-7-20(15-18-10(2)13(24-15)14(21)22)16(23)19(9)8-11-3-5-12(17)6-4-11/h3-6,9H,7-8H2,1-2H3,(H,21,22)/t9-/m1/s1. The Balaban J connectivity index is 1.81. The predicted octanol–water partition coefficient (Wildman–Crippen LogP) is 3.12. The highest BCUT2D eigenvalue weighted by Gasteiger charge is 2.37. The minimum absolute atomic E-state index is 0.0555. The summed E-state index contributed by atoms with van der Waals surface area (Å²) in [7, 11) is 0. The largest absolute Gasteiger partial charge is 0.477 e. The quantitative estimate of drug-likeness (QED) is 0.920. The highest BCUT2D eigenvalue weighted by molar-refractivity contribution is 7.17. The van der Waals surface area contributed by atoms with Crippen molar-refractivity contribution >= 4 is 28.5 Å². The lowest BCUT2D eigenvalue weighted by molar-refractivity contribution is 0.0701. The Morgan fingerprint density at radius 2 is 2.08 bits per heavy atom. The molecule has 2 heterocycles. The second-order valence-electron chi connectivity index (χ2n) is 5.71. The average molecular weight is 349 g/mol. The van der Waals surface area contributed by atoms with Crippen LogP contribution in [-0.2, 0) is 6.54 Å². The van der Waals surface area contributed by atoms with Crippen LogP contribution in [0.15, 0.2) is 24.3 Å². The third kappa shape index (κ3) is 2.96. The monoisotopic (exact) mass is 349 g/mol. The maximum atomic E-state index is 13.0. The minimum atomic E-state index is -1.04. The third-order valence-electron chi connectivity index (χ3n) is 3.93. The molecule has 0 spiro atoms. The van der Waals surface area contributed by atoms with Gasteiger partial charge in [-0.2, -0.15) is 0 Å². The Morgan fingerprint density at radius 3 is 2.67 bits per heavy atom. The van der Waals surface area contributed by atoms with E-state index in [2.05, 4.69) is 4.98 Å². The van der Waals surface area contributed by atoms with Gasteiger partial charge in [-0.1, -0.05) is 23.5 Å². The summed E-state index contributed by atoms with van der Waals surface area (Å²) in [6.45, 7) is 4.34. The fourth-order valence-electron chi connectivity index (χ4n) is 2.65. The molecule has 2 amide bonds. The van der Waals surface area contributed by atoms with Gasteiger partial charge in [0.25, 0.3) is 0 Å². The lowest BCUT2D eigenvalue weighted by atomic mass is 10.2. The number of rotatable bonds is 4. The number of carboxylic acid groups (broad SMARTS) is 1. The number of benzene rings is 1. The topological polar surface area (TPSA) is 73.7 Å². The molecule has 2 aromatic rings. The van der Waals surface area contributed by atoms with E-state index in [9.17, 15) is 14.0 Å². The van der Waals surface area contributed by atoms with Gasteiger partial charge in [0.2, 0.25) is 0 Å². The van der Waals surface area contributed by atoms with Crippen LogP contribution in [0, 0.1) is 12.7 Å². The van der Waals surface area contributed by atoms with Crippen LogP contribution in [0.2, 0.25) is 0 Å². The summed E-state index contributed by atoms with van der Waals surface area (Å²) in [6.07, 6.45) is 0. The normalized spacial score (nSPS) is 17.6. The summed E-state index contributed by atoms with van der Waals surface area (Å²) in [5.74, 6) is -1.36. The van der Waals surface area contributed by atoms with E-state index in [1.165, 1.54) is 17.0 Å². The van der Waals surface area contributed by atoms with Crippen molar-refractivity contribution in [3.63, 3.8) is 0 Å². The molecule has 1 fully saturated rings. The number of carboxylic acids is 1. The average Bonchev–Trinajstić information content (AvgIpc) is 3.04. The Bertz CT molecular complexity index is 790. The fraction of sp³-hybridized carbons (Fsp3) is 0.312. The molecule has 1 aliphatic rings. The second kappa shape index (κ2) is 6.20. The van der Waals surface area contributed by atoms with Crippen LogP contribution in [0.5, 0.6) is 0 Å². The number of carbonyl (C=O) groups excluding carboxylic acids is 1. The molecule has 0 saturated carbocycles. The molecule has 1 aromatic carbocycles. The molecular formula is C16H16FN3O3S. The summed E-state index contributed by atoms with van der Waals surface area (Å²) in [6, 6.07) is 5.74. The molecule has 1 aromatic heterocycles. The predicted molar refractivity (Wildman–Crippen MR) is 88.0 cm³/mol. The van der Waals surface area contributed by atoms with Gasteiger partial charge >= 0.3 is 12.0 Å². The molecular weight excluding hydrogens is 333 g/mol. The zero-order chi connectivity index (χ0) is 17.4. The van der Waals surface area contributed by atoms with Gasteiger partial charge in [-0.15, -0.1) is 0 Å². The molecule has 24 heavy (non-hydrogen) atoms. The maximum absolute atomic E-state index is 13.0. The van der Waals surface area contributed by atoms with Gasteiger partial charge in [0.15, 0.2) is 5.13 Å². The zero-order valence-electron chi connectivity index (χ0n) is 13.2. The molecule has 8 heteroatoms. The van der Waals surface area contributed by atoms with Crippen molar-refractivity contribution in [1.82, 2.24) is 9.88 Å². The SMILES string of the molecule is Cc1nc(N2C[C@@H](C)N(Cc3ccc(F)cc3)C2=O)sc1C(=O)O. The van der Waals surface area contributed by atoms with Crippen LogP contribution in [0.3, 0.4) is 0 Å². The van der Waals surface area contributed by atoms with E-state index >= 15 is 0 Å². The second-order valence-corrected chi connectivity index (χ2v) is 6.69. The summed E-state index contributed by atoms with van der Waals surface area (Å²) >= 11 is 0.999. The minimum Gasteiger partial charge on any atom is -0.477 e. The lowest BCUT2D eigenvalue weighted by Crippen LogP contribution is -2.33. The van der Waals surface area contributed by atoms with Crippen molar-refractivity contribution in [1.29, 1.82) is 0 Å². The van der Waals surface area contributed by atoms with E-state index in [-0.39, 0.29) is 22.8 Å². The van der Waals surface area contributed by atoms with Crippen LogP contribution in [0.4, 0.5) is 14.3 Å².